The molecule has 0 aliphatic heterocycles. The largest absolute Gasteiger partial charge is 0.349 e. The molecule has 3 N–H and O–H groups in total. The molecule has 1 rings (SSSR count). The molecule has 0 aromatic carbocycles. The molecule has 0 saturated carbocycles. The average Bonchev–Trinajstić information content (AvgIpc) is 2.14. The van der Waals surface area contributed by atoms with Crippen molar-refractivity contribution in [3.8, 4) is 0 Å². The molecule has 5 heteroatoms. The first-order valence-electron chi connectivity index (χ1n) is 3.84. The molecule has 1 aromatic heterocycles. The molecular weight excluding hydrogens is 190 g/mol. The first-order valence-corrected chi connectivity index (χ1v) is 4.21. The van der Waals surface area contributed by atoms with Gasteiger partial charge in [0, 0.05) is 24.3 Å². The maximum Gasteiger partial charge on any atom is 0.269 e. The van der Waals surface area contributed by atoms with Crippen molar-refractivity contribution in [3.05, 3.63) is 29.0 Å². The summed E-state index contributed by atoms with van der Waals surface area (Å²) in [5.41, 5.74) is 5.53. The van der Waals surface area contributed by atoms with Crippen molar-refractivity contribution in [2.75, 3.05) is 13.1 Å². The zero-order valence-corrected chi connectivity index (χ0v) is 7.71. The van der Waals surface area contributed by atoms with E-state index in [1.54, 1.807) is 6.07 Å². The predicted molar refractivity (Wildman–Crippen MR) is 50.6 cm³/mol. The Kier molecular flexibility index (Phi) is 3.67. The summed E-state index contributed by atoms with van der Waals surface area (Å²) in [5.74, 6) is -0.257. The quantitative estimate of drug-likeness (QED) is 0.742. The van der Waals surface area contributed by atoms with Crippen molar-refractivity contribution < 1.29 is 4.79 Å². The molecule has 0 atom stereocenters. The van der Waals surface area contributed by atoms with Crippen molar-refractivity contribution >= 4 is 17.5 Å². The third kappa shape index (κ3) is 3.01. The zero-order chi connectivity index (χ0) is 9.68. The molecule has 0 radical (unpaired) electrons. The van der Waals surface area contributed by atoms with Gasteiger partial charge in [-0.25, -0.2) is 0 Å². The summed E-state index contributed by atoms with van der Waals surface area (Å²) in [6.07, 6.45) is 1.49. The van der Waals surface area contributed by atoms with E-state index >= 15 is 0 Å². The van der Waals surface area contributed by atoms with Gasteiger partial charge in [-0.15, -0.1) is 0 Å². The molecule has 0 fully saturated rings. The standard InChI is InChI=1S/C8H10ClN3O/c9-6-1-3-11-7(5-6)8(13)12-4-2-10/h1,3,5H,2,4,10H2,(H,12,13). The molecule has 70 valence electrons. The highest BCUT2D eigenvalue weighted by Gasteiger charge is 2.05. The lowest BCUT2D eigenvalue weighted by molar-refractivity contribution is 0.0950. The molecule has 0 spiro atoms. The molecule has 0 aliphatic carbocycles. The van der Waals surface area contributed by atoms with Gasteiger partial charge in [-0.2, -0.15) is 0 Å². The maximum atomic E-state index is 11.3. The number of carbonyl (C=O) groups excluding carboxylic acids is 1. The van der Waals surface area contributed by atoms with Crippen molar-refractivity contribution in [2.24, 2.45) is 5.73 Å². The number of carbonyl (C=O) groups is 1. The maximum absolute atomic E-state index is 11.3. The number of hydrogen-bond donors (Lipinski definition) is 2. The van der Waals surface area contributed by atoms with Gasteiger partial charge in [0.15, 0.2) is 0 Å². The normalized spacial score (nSPS) is 9.69. The van der Waals surface area contributed by atoms with Gasteiger partial charge in [-0.05, 0) is 12.1 Å². The number of hydrogen-bond acceptors (Lipinski definition) is 3. The number of amides is 1. The first kappa shape index (κ1) is 9.95. The van der Waals surface area contributed by atoms with Crippen molar-refractivity contribution in [1.82, 2.24) is 10.3 Å². The average molecular weight is 200 g/mol. The van der Waals surface area contributed by atoms with Gasteiger partial charge in [0.2, 0.25) is 0 Å². The fourth-order valence-electron chi connectivity index (χ4n) is 0.805. The van der Waals surface area contributed by atoms with Crippen LogP contribution in [0.4, 0.5) is 0 Å². The van der Waals surface area contributed by atoms with E-state index < -0.39 is 0 Å². The summed E-state index contributed by atoms with van der Waals surface area (Å²) < 4.78 is 0. The summed E-state index contributed by atoms with van der Waals surface area (Å²) in [6.45, 7) is 0.847. The van der Waals surface area contributed by atoms with Crippen LogP contribution in [-0.4, -0.2) is 24.0 Å². The summed E-state index contributed by atoms with van der Waals surface area (Å²) in [5, 5.41) is 3.08. The first-order chi connectivity index (χ1) is 6.24. The monoisotopic (exact) mass is 199 g/mol. The highest BCUT2D eigenvalue weighted by molar-refractivity contribution is 6.30. The van der Waals surface area contributed by atoms with Gasteiger partial charge in [0.05, 0.1) is 0 Å². The molecule has 1 amide bonds. The van der Waals surface area contributed by atoms with Gasteiger partial charge < -0.3 is 11.1 Å². The number of halogens is 1. The Morgan fingerprint density at radius 3 is 3.08 bits per heavy atom. The highest BCUT2D eigenvalue weighted by Crippen LogP contribution is 2.07. The number of aromatic nitrogens is 1. The minimum absolute atomic E-state index is 0.257. The Labute approximate surface area is 81.1 Å². The summed E-state index contributed by atoms with van der Waals surface area (Å²) in [4.78, 5) is 15.1. The molecule has 1 aromatic rings. The van der Waals surface area contributed by atoms with E-state index in [1.807, 2.05) is 0 Å². The Bertz CT molecular complexity index is 303. The van der Waals surface area contributed by atoms with E-state index in [1.165, 1.54) is 12.3 Å². The van der Waals surface area contributed by atoms with Crippen LogP contribution in [0.3, 0.4) is 0 Å². The third-order valence-corrected chi connectivity index (χ3v) is 1.62. The molecule has 1 heterocycles. The van der Waals surface area contributed by atoms with Gasteiger partial charge in [-0.3, -0.25) is 9.78 Å². The lowest BCUT2D eigenvalue weighted by atomic mass is 10.3. The molecule has 4 nitrogen and oxygen atoms in total. The van der Waals surface area contributed by atoms with Crippen LogP contribution in [0.5, 0.6) is 0 Å². The SMILES string of the molecule is NCCNC(=O)c1cc(Cl)ccn1. The van der Waals surface area contributed by atoms with Crippen LogP contribution in [0.15, 0.2) is 18.3 Å². The predicted octanol–water partition coefficient (Wildman–Crippen LogP) is 0.424. The second-order valence-corrected chi connectivity index (χ2v) is 2.84. The van der Waals surface area contributed by atoms with E-state index in [0.717, 1.165) is 0 Å². The minimum atomic E-state index is -0.257. The number of rotatable bonds is 3. The molecule has 13 heavy (non-hydrogen) atoms. The number of nitrogens with one attached hydrogen (secondary N) is 1. The lowest BCUT2D eigenvalue weighted by Gasteiger charge is -2.01. The van der Waals surface area contributed by atoms with Crippen molar-refractivity contribution in [1.29, 1.82) is 0 Å². The second-order valence-electron chi connectivity index (χ2n) is 2.40. The van der Waals surface area contributed by atoms with Crippen LogP contribution < -0.4 is 11.1 Å². The number of pyridine rings is 1. The number of nitrogens with zero attached hydrogens (tertiary/aromatic N) is 1. The minimum Gasteiger partial charge on any atom is -0.349 e. The van der Waals surface area contributed by atoms with E-state index in [-0.39, 0.29) is 5.91 Å². The van der Waals surface area contributed by atoms with Crippen LogP contribution in [0.2, 0.25) is 5.02 Å². The lowest BCUT2D eigenvalue weighted by Crippen LogP contribution is -2.29. The van der Waals surface area contributed by atoms with E-state index in [9.17, 15) is 4.79 Å². The van der Waals surface area contributed by atoms with Gasteiger partial charge >= 0.3 is 0 Å². The van der Waals surface area contributed by atoms with E-state index in [2.05, 4.69) is 10.3 Å². The fourth-order valence-corrected chi connectivity index (χ4v) is 0.965. The Morgan fingerprint density at radius 2 is 2.46 bits per heavy atom. The summed E-state index contributed by atoms with van der Waals surface area (Å²) in [7, 11) is 0. The molecule has 0 aliphatic rings. The van der Waals surface area contributed by atoms with Crippen molar-refractivity contribution in [2.45, 2.75) is 0 Å². The Morgan fingerprint density at radius 1 is 1.69 bits per heavy atom. The van der Waals surface area contributed by atoms with Crippen LogP contribution in [0, 0.1) is 0 Å². The third-order valence-electron chi connectivity index (χ3n) is 1.38. The van der Waals surface area contributed by atoms with Crippen LogP contribution in [0.25, 0.3) is 0 Å². The van der Waals surface area contributed by atoms with Gasteiger partial charge in [-0.1, -0.05) is 11.6 Å². The Balaban J connectivity index is 2.66. The zero-order valence-electron chi connectivity index (χ0n) is 6.96. The van der Waals surface area contributed by atoms with Gasteiger partial charge in [0.1, 0.15) is 5.69 Å². The molecule has 0 saturated heterocycles. The fraction of sp³-hybridized carbons (Fsp3) is 0.250. The molecule has 0 unspecified atom stereocenters. The van der Waals surface area contributed by atoms with Gasteiger partial charge in [0.25, 0.3) is 5.91 Å². The van der Waals surface area contributed by atoms with E-state index in [0.29, 0.717) is 23.8 Å². The smallest absolute Gasteiger partial charge is 0.269 e. The van der Waals surface area contributed by atoms with E-state index in [4.69, 9.17) is 17.3 Å². The summed E-state index contributed by atoms with van der Waals surface area (Å²) in [6, 6.07) is 3.12. The molecular formula is C8H10ClN3O. The summed E-state index contributed by atoms with van der Waals surface area (Å²) >= 11 is 5.68. The number of nitrogens with two attached hydrogens (primary N) is 1. The topological polar surface area (TPSA) is 68.0 Å². The van der Waals surface area contributed by atoms with Crippen molar-refractivity contribution in [3.63, 3.8) is 0 Å². The molecule has 0 bridgehead atoms. The van der Waals surface area contributed by atoms with Crippen LogP contribution >= 0.6 is 11.6 Å². The highest BCUT2D eigenvalue weighted by atomic mass is 35.5. The van der Waals surface area contributed by atoms with Crippen LogP contribution in [-0.2, 0) is 0 Å². The Hall–Kier alpha value is -1.13. The van der Waals surface area contributed by atoms with Crippen LogP contribution in [0.1, 0.15) is 10.5 Å². The second kappa shape index (κ2) is 4.79.